The number of likely N-dealkylation sites (tertiary alicyclic amines) is 1. The predicted molar refractivity (Wildman–Crippen MR) is 113 cm³/mol. The van der Waals surface area contributed by atoms with Crippen LogP contribution in [0, 0.1) is 0 Å². The monoisotopic (exact) mass is 393 g/mol. The van der Waals surface area contributed by atoms with E-state index < -0.39 is 17.7 Å². The first kappa shape index (κ1) is 20.6. The molecule has 0 spiro atoms. The van der Waals surface area contributed by atoms with Crippen LogP contribution >= 0.6 is 0 Å². The Labute approximate surface area is 171 Å². The summed E-state index contributed by atoms with van der Waals surface area (Å²) in [7, 11) is 0. The van der Waals surface area contributed by atoms with Crippen LogP contribution in [0.1, 0.15) is 50.3 Å². The van der Waals surface area contributed by atoms with Gasteiger partial charge in [0.15, 0.2) is 0 Å². The summed E-state index contributed by atoms with van der Waals surface area (Å²) in [6.45, 7) is 4.95. The molecule has 1 aliphatic heterocycles. The highest BCUT2D eigenvalue weighted by Crippen LogP contribution is 2.39. The third kappa shape index (κ3) is 4.34. The van der Waals surface area contributed by atoms with Crippen molar-refractivity contribution in [3.05, 3.63) is 71.3 Å². The molecule has 152 valence electrons. The molecule has 1 saturated heterocycles. The minimum atomic E-state index is -0.644. The number of carbonyl (C=O) groups is 2. The average molecular weight is 393 g/mol. The molecule has 1 atom stereocenters. The van der Waals surface area contributed by atoms with Gasteiger partial charge in [-0.25, -0.2) is 0 Å². The van der Waals surface area contributed by atoms with Gasteiger partial charge in [0.25, 0.3) is 11.7 Å². The zero-order chi connectivity index (χ0) is 20.8. The van der Waals surface area contributed by atoms with Crippen LogP contribution < -0.4 is 4.74 Å². The van der Waals surface area contributed by atoms with Crippen molar-refractivity contribution in [1.29, 1.82) is 0 Å². The minimum absolute atomic E-state index is 0.131. The van der Waals surface area contributed by atoms with Crippen LogP contribution in [0.3, 0.4) is 0 Å². The van der Waals surface area contributed by atoms with Crippen molar-refractivity contribution in [2.24, 2.45) is 0 Å². The van der Waals surface area contributed by atoms with Crippen molar-refractivity contribution in [3.8, 4) is 5.75 Å². The molecule has 0 aliphatic carbocycles. The lowest BCUT2D eigenvalue weighted by atomic mass is 9.95. The number of ketones is 1. The molecule has 29 heavy (non-hydrogen) atoms. The number of benzene rings is 2. The van der Waals surface area contributed by atoms with Gasteiger partial charge in [0.2, 0.25) is 0 Å². The van der Waals surface area contributed by atoms with Crippen LogP contribution in [0.2, 0.25) is 0 Å². The van der Waals surface area contributed by atoms with Crippen molar-refractivity contribution < 1.29 is 19.4 Å². The van der Waals surface area contributed by atoms with E-state index in [0.29, 0.717) is 24.5 Å². The number of aliphatic hydroxyl groups excluding tert-OH is 1. The van der Waals surface area contributed by atoms with E-state index in [4.69, 9.17) is 4.74 Å². The number of rotatable bonds is 8. The van der Waals surface area contributed by atoms with Gasteiger partial charge >= 0.3 is 0 Å². The van der Waals surface area contributed by atoms with Crippen LogP contribution in [0.4, 0.5) is 0 Å². The molecule has 2 aromatic carbocycles. The third-order valence-electron chi connectivity index (χ3n) is 5.08. The van der Waals surface area contributed by atoms with E-state index in [1.54, 1.807) is 29.2 Å². The van der Waals surface area contributed by atoms with E-state index in [1.165, 1.54) is 0 Å². The Morgan fingerprint density at radius 2 is 1.79 bits per heavy atom. The number of carbonyl (C=O) groups excluding carboxylic acids is 2. The van der Waals surface area contributed by atoms with Crippen LogP contribution in [0.5, 0.6) is 5.75 Å². The smallest absolute Gasteiger partial charge is 0.295 e. The Morgan fingerprint density at radius 1 is 1.03 bits per heavy atom. The maximum atomic E-state index is 12.9. The van der Waals surface area contributed by atoms with Crippen LogP contribution in [0.25, 0.3) is 5.76 Å². The predicted octanol–water partition coefficient (Wildman–Crippen LogP) is 4.70. The minimum Gasteiger partial charge on any atom is -0.507 e. The van der Waals surface area contributed by atoms with Crippen molar-refractivity contribution in [1.82, 2.24) is 4.90 Å². The molecule has 1 unspecified atom stereocenters. The maximum Gasteiger partial charge on any atom is 0.295 e. The van der Waals surface area contributed by atoms with E-state index in [2.05, 4.69) is 6.92 Å². The van der Waals surface area contributed by atoms with Gasteiger partial charge in [-0.1, -0.05) is 62.2 Å². The summed E-state index contributed by atoms with van der Waals surface area (Å²) >= 11 is 0. The lowest BCUT2D eigenvalue weighted by Crippen LogP contribution is -2.30. The highest BCUT2D eigenvalue weighted by molar-refractivity contribution is 6.46. The second-order valence-electron chi connectivity index (χ2n) is 7.07. The summed E-state index contributed by atoms with van der Waals surface area (Å²) in [6, 6.07) is 15.7. The molecule has 0 radical (unpaired) electrons. The first-order chi connectivity index (χ1) is 14.1. The molecule has 5 heteroatoms. The molecular formula is C24H27NO4. The first-order valence-corrected chi connectivity index (χ1v) is 10.1. The normalized spacial score (nSPS) is 18.3. The Balaban J connectivity index is 2.08. The number of hydrogen-bond donors (Lipinski definition) is 1. The number of aliphatic hydroxyl groups is 1. The van der Waals surface area contributed by atoms with Crippen LogP contribution in [-0.2, 0) is 9.59 Å². The number of nitrogens with zero attached hydrogens (tertiary/aromatic N) is 1. The molecule has 1 heterocycles. The number of unbranched alkanes of at least 4 members (excludes halogenated alkanes) is 2. The van der Waals surface area contributed by atoms with Crippen molar-refractivity contribution in [2.75, 3.05) is 13.2 Å². The fourth-order valence-electron chi connectivity index (χ4n) is 3.68. The quantitative estimate of drug-likeness (QED) is 0.306. The molecule has 2 aromatic rings. The molecule has 0 saturated carbocycles. The van der Waals surface area contributed by atoms with Gasteiger partial charge in [0.1, 0.15) is 11.5 Å². The first-order valence-electron chi connectivity index (χ1n) is 10.1. The second kappa shape index (κ2) is 9.41. The van der Waals surface area contributed by atoms with Gasteiger partial charge in [-0.2, -0.15) is 0 Å². The molecular weight excluding hydrogens is 366 g/mol. The topological polar surface area (TPSA) is 66.8 Å². The highest BCUT2D eigenvalue weighted by Gasteiger charge is 2.45. The largest absolute Gasteiger partial charge is 0.507 e. The molecule has 5 nitrogen and oxygen atoms in total. The third-order valence-corrected chi connectivity index (χ3v) is 5.08. The van der Waals surface area contributed by atoms with Gasteiger partial charge in [-0.15, -0.1) is 0 Å². The second-order valence-corrected chi connectivity index (χ2v) is 7.07. The van der Waals surface area contributed by atoms with Crippen LogP contribution in [0.15, 0.2) is 60.2 Å². The maximum absolute atomic E-state index is 12.9. The number of ether oxygens (including phenoxy) is 1. The SMILES string of the molecule is CCCCCN1C(=O)C(=O)/C(=C(\O)c2cccc(OCC)c2)C1c1ccccc1. The molecule has 0 bridgehead atoms. The Bertz CT molecular complexity index is 904. The fourth-order valence-corrected chi connectivity index (χ4v) is 3.68. The van der Waals surface area contributed by atoms with Gasteiger partial charge in [-0.05, 0) is 31.0 Å². The number of amides is 1. The van der Waals surface area contributed by atoms with E-state index >= 15 is 0 Å². The van der Waals surface area contributed by atoms with E-state index in [-0.39, 0.29) is 11.3 Å². The van der Waals surface area contributed by atoms with Gasteiger partial charge in [0.05, 0.1) is 18.2 Å². The van der Waals surface area contributed by atoms with Gasteiger partial charge < -0.3 is 14.7 Å². The Morgan fingerprint density at radius 3 is 2.48 bits per heavy atom. The van der Waals surface area contributed by atoms with E-state index in [9.17, 15) is 14.7 Å². The summed E-state index contributed by atoms with van der Waals surface area (Å²) in [6.07, 6.45) is 2.80. The van der Waals surface area contributed by atoms with Crippen molar-refractivity contribution >= 4 is 17.4 Å². The summed E-state index contributed by atoms with van der Waals surface area (Å²) < 4.78 is 5.51. The molecule has 0 aromatic heterocycles. The Kier molecular flexibility index (Phi) is 6.70. The number of hydrogen-bond acceptors (Lipinski definition) is 4. The van der Waals surface area contributed by atoms with Gasteiger partial charge in [-0.3, -0.25) is 9.59 Å². The molecule has 3 rings (SSSR count). The summed E-state index contributed by atoms with van der Waals surface area (Å²) in [5, 5.41) is 11.0. The van der Waals surface area contributed by atoms with Gasteiger partial charge in [0, 0.05) is 12.1 Å². The number of Topliss-reactive ketones (excluding diaryl/α,β-unsaturated/α-hetero) is 1. The zero-order valence-electron chi connectivity index (χ0n) is 16.9. The summed E-state index contributed by atoms with van der Waals surface area (Å²) in [5.41, 5.74) is 1.40. The molecule has 1 N–H and O–H groups in total. The van der Waals surface area contributed by atoms with E-state index in [1.807, 2.05) is 37.3 Å². The zero-order valence-corrected chi connectivity index (χ0v) is 16.9. The van der Waals surface area contributed by atoms with Crippen LogP contribution in [-0.4, -0.2) is 34.8 Å². The highest BCUT2D eigenvalue weighted by atomic mass is 16.5. The molecule has 1 fully saturated rings. The summed E-state index contributed by atoms with van der Waals surface area (Å²) in [4.78, 5) is 27.3. The standard InChI is InChI=1S/C24H27NO4/c1-3-5-9-15-25-21(17-11-7-6-8-12-17)20(23(27)24(25)28)22(26)18-13-10-14-19(16-18)29-4-2/h6-8,10-14,16,21,26H,3-5,9,15H2,1-2H3/b22-20-. The van der Waals surface area contributed by atoms with Crippen molar-refractivity contribution in [3.63, 3.8) is 0 Å². The molecule has 1 amide bonds. The van der Waals surface area contributed by atoms with Crippen molar-refractivity contribution in [2.45, 2.75) is 39.2 Å². The fraction of sp³-hybridized carbons (Fsp3) is 0.333. The average Bonchev–Trinajstić information content (AvgIpc) is 2.99. The summed E-state index contributed by atoms with van der Waals surface area (Å²) in [5.74, 6) is -0.770. The molecule has 1 aliphatic rings. The van der Waals surface area contributed by atoms with E-state index in [0.717, 1.165) is 24.8 Å². The lowest BCUT2D eigenvalue weighted by Gasteiger charge is -2.25. The Hall–Kier alpha value is -3.08. The lowest BCUT2D eigenvalue weighted by molar-refractivity contribution is -0.139.